The van der Waals surface area contributed by atoms with Crippen LogP contribution >= 0.6 is 0 Å². The van der Waals surface area contributed by atoms with Crippen LogP contribution in [-0.2, 0) is 0 Å². The Bertz CT molecular complexity index is 392. The summed E-state index contributed by atoms with van der Waals surface area (Å²) in [5, 5.41) is 4.24. The second-order valence-electron chi connectivity index (χ2n) is 3.62. The van der Waals surface area contributed by atoms with Crippen LogP contribution in [0.1, 0.15) is 0 Å². The van der Waals surface area contributed by atoms with Crippen molar-refractivity contribution >= 4 is 5.69 Å². The average molecular weight is 227 g/mol. The summed E-state index contributed by atoms with van der Waals surface area (Å²) in [6.45, 7) is 2.17. The number of rotatable bonds is 2. The predicted molar refractivity (Wildman–Crippen MR) is 55.9 cm³/mol. The number of halogens is 2. The van der Waals surface area contributed by atoms with Gasteiger partial charge in [0.05, 0.1) is 18.4 Å². The normalized spacial score (nSPS) is 16.4. The van der Waals surface area contributed by atoms with Gasteiger partial charge in [-0.2, -0.15) is 0 Å². The van der Waals surface area contributed by atoms with Gasteiger partial charge in [-0.15, -0.1) is 4.91 Å². The smallest absolute Gasteiger partial charge is 0.160 e. The molecule has 1 aromatic rings. The molecule has 0 N–H and O–H groups in total. The molecule has 1 aromatic carbocycles. The Labute approximate surface area is 91.4 Å². The van der Waals surface area contributed by atoms with Gasteiger partial charge in [0, 0.05) is 24.8 Å². The number of nitrogens with zero attached hydrogens (tertiary/aromatic N) is 3. The molecule has 0 bridgehead atoms. The molecule has 86 valence electrons. The van der Waals surface area contributed by atoms with Crippen molar-refractivity contribution < 1.29 is 8.78 Å². The van der Waals surface area contributed by atoms with Crippen LogP contribution in [0.3, 0.4) is 0 Å². The molecule has 0 atom stereocenters. The molecule has 2 rings (SSSR count). The van der Waals surface area contributed by atoms with Crippen molar-refractivity contribution in [3.63, 3.8) is 0 Å². The molecule has 1 heterocycles. The van der Waals surface area contributed by atoms with Gasteiger partial charge in [-0.25, -0.2) is 8.78 Å². The van der Waals surface area contributed by atoms with Crippen LogP contribution in [-0.4, -0.2) is 31.2 Å². The second kappa shape index (κ2) is 4.42. The summed E-state index contributed by atoms with van der Waals surface area (Å²) < 4.78 is 25.7. The maximum absolute atomic E-state index is 13.0. The zero-order valence-corrected chi connectivity index (χ0v) is 8.57. The van der Waals surface area contributed by atoms with Gasteiger partial charge in [0.25, 0.3) is 0 Å². The lowest BCUT2D eigenvalue weighted by atomic mass is 10.2. The van der Waals surface area contributed by atoms with Gasteiger partial charge in [0.2, 0.25) is 0 Å². The Morgan fingerprint density at radius 1 is 1.06 bits per heavy atom. The van der Waals surface area contributed by atoms with Crippen molar-refractivity contribution in [2.45, 2.75) is 0 Å². The summed E-state index contributed by atoms with van der Waals surface area (Å²) in [6.07, 6.45) is 0. The van der Waals surface area contributed by atoms with E-state index in [1.807, 2.05) is 4.90 Å². The van der Waals surface area contributed by atoms with Crippen molar-refractivity contribution in [3.05, 3.63) is 34.7 Å². The summed E-state index contributed by atoms with van der Waals surface area (Å²) in [5.41, 5.74) is 0.629. The largest absolute Gasteiger partial charge is 0.368 e. The van der Waals surface area contributed by atoms with Crippen LogP contribution in [0.2, 0.25) is 0 Å². The zero-order valence-electron chi connectivity index (χ0n) is 8.57. The van der Waals surface area contributed by atoms with Crippen LogP contribution < -0.4 is 4.90 Å². The molecule has 1 aliphatic heterocycles. The van der Waals surface area contributed by atoms with Crippen LogP contribution in [0.5, 0.6) is 0 Å². The van der Waals surface area contributed by atoms with Crippen molar-refractivity contribution in [1.29, 1.82) is 0 Å². The predicted octanol–water partition coefficient (Wildman–Crippen LogP) is 1.77. The molecular weight excluding hydrogens is 216 g/mol. The van der Waals surface area contributed by atoms with Crippen molar-refractivity contribution in [2.24, 2.45) is 5.29 Å². The Morgan fingerprint density at radius 3 is 2.31 bits per heavy atom. The van der Waals surface area contributed by atoms with Crippen molar-refractivity contribution in [2.75, 3.05) is 31.1 Å². The first kappa shape index (κ1) is 10.8. The van der Waals surface area contributed by atoms with E-state index in [-0.39, 0.29) is 0 Å². The topological polar surface area (TPSA) is 35.9 Å². The van der Waals surface area contributed by atoms with Gasteiger partial charge in [0.1, 0.15) is 0 Å². The van der Waals surface area contributed by atoms with Crippen LogP contribution in [0.15, 0.2) is 23.5 Å². The van der Waals surface area contributed by atoms with E-state index in [0.29, 0.717) is 31.9 Å². The number of hydrogen-bond donors (Lipinski definition) is 0. The summed E-state index contributed by atoms with van der Waals surface area (Å²) in [4.78, 5) is 12.1. The molecule has 0 unspecified atom stereocenters. The quantitative estimate of drug-likeness (QED) is 0.722. The van der Waals surface area contributed by atoms with E-state index in [2.05, 4.69) is 5.29 Å². The highest BCUT2D eigenvalue weighted by atomic mass is 19.2. The fourth-order valence-corrected chi connectivity index (χ4v) is 1.72. The Balaban J connectivity index is 2.08. The van der Waals surface area contributed by atoms with Crippen molar-refractivity contribution in [3.8, 4) is 0 Å². The van der Waals surface area contributed by atoms with Gasteiger partial charge in [0.15, 0.2) is 11.6 Å². The molecule has 0 saturated carbocycles. The molecule has 1 aliphatic rings. The molecule has 0 aromatic heterocycles. The minimum absolute atomic E-state index is 0.502. The number of nitroso groups, excluding NO2 is 1. The van der Waals surface area contributed by atoms with E-state index < -0.39 is 11.6 Å². The minimum Gasteiger partial charge on any atom is -0.368 e. The number of benzene rings is 1. The highest BCUT2D eigenvalue weighted by Crippen LogP contribution is 2.19. The first-order valence-corrected chi connectivity index (χ1v) is 4.99. The van der Waals surface area contributed by atoms with E-state index >= 15 is 0 Å². The van der Waals surface area contributed by atoms with Crippen LogP contribution in [0.25, 0.3) is 0 Å². The fourth-order valence-electron chi connectivity index (χ4n) is 1.72. The molecule has 1 saturated heterocycles. The SMILES string of the molecule is O=NN1CCN(c2ccc(F)c(F)c2)CC1. The molecular formula is C10H11F2N3O. The molecule has 1 fully saturated rings. The van der Waals surface area contributed by atoms with E-state index in [9.17, 15) is 13.7 Å². The maximum Gasteiger partial charge on any atom is 0.160 e. The van der Waals surface area contributed by atoms with Gasteiger partial charge in [-0.1, -0.05) is 0 Å². The first-order valence-electron chi connectivity index (χ1n) is 4.99. The Morgan fingerprint density at radius 2 is 1.75 bits per heavy atom. The third-order valence-electron chi connectivity index (χ3n) is 2.64. The molecule has 0 aliphatic carbocycles. The molecule has 0 radical (unpaired) electrons. The third-order valence-corrected chi connectivity index (χ3v) is 2.64. The number of anilines is 1. The van der Waals surface area contributed by atoms with Gasteiger partial charge in [-0.3, -0.25) is 5.01 Å². The summed E-state index contributed by atoms with van der Waals surface area (Å²) in [6, 6.07) is 3.80. The average Bonchev–Trinajstić information content (AvgIpc) is 2.33. The number of piperazine rings is 1. The van der Waals surface area contributed by atoms with Gasteiger partial charge in [-0.05, 0) is 12.1 Å². The minimum atomic E-state index is -0.853. The van der Waals surface area contributed by atoms with Crippen LogP contribution in [0.4, 0.5) is 14.5 Å². The molecule has 16 heavy (non-hydrogen) atoms. The van der Waals surface area contributed by atoms with E-state index in [1.54, 1.807) is 0 Å². The van der Waals surface area contributed by atoms with Crippen LogP contribution in [0, 0.1) is 16.5 Å². The Kier molecular flexibility index (Phi) is 2.98. The standard InChI is InChI=1S/C10H11F2N3O/c11-9-2-1-8(7-10(9)12)14-3-5-15(13-16)6-4-14/h1-2,7H,3-6H2. The second-order valence-corrected chi connectivity index (χ2v) is 3.62. The fraction of sp³-hybridized carbons (Fsp3) is 0.400. The highest BCUT2D eigenvalue weighted by Gasteiger charge is 2.17. The molecule has 6 heteroatoms. The summed E-state index contributed by atoms with van der Waals surface area (Å²) in [5.74, 6) is -1.70. The van der Waals surface area contributed by atoms with E-state index in [4.69, 9.17) is 0 Å². The monoisotopic (exact) mass is 227 g/mol. The lowest BCUT2D eigenvalue weighted by Gasteiger charge is -2.32. The van der Waals surface area contributed by atoms with E-state index in [1.165, 1.54) is 17.1 Å². The molecule has 4 nitrogen and oxygen atoms in total. The van der Waals surface area contributed by atoms with Gasteiger partial charge < -0.3 is 4.90 Å². The first-order chi connectivity index (χ1) is 7.70. The molecule has 0 spiro atoms. The summed E-state index contributed by atoms with van der Waals surface area (Å²) >= 11 is 0. The Hall–Kier alpha value is -1.72. The van der Waals surface area contributed by atoms with E-state index in [0.717, 1.165) is 6.07 Å². The maximum atomic E-state index is 13.0. The summed E-state index contributed by atoms with van der Waals surface area (Å²) in [7, 11) is 0. The molecule has 0 amide bonds. The lowest BCUT2D eigenvalue weighted by molar-refractivity contribution is 0.266. The van der Waals surface area contributed by atoms with Crippen molar-refractivity contribution in [1.82, 2.24) is 5.01 Å². The number of hydrogen-bond acceptors (Lipinski definition) is 3. The third kappa shape index (κ3) is 2.10. The lowest BCUT2D eigenvalue weighted by Crippen LogP contribution is -2.43. The zero-order chi connectivity index (χ0) is 11.5. The highest BCUT2D eigenvalue weighted by molar-refractivity contribution is 5.47. The van der Waals surface area contributed by atoms with Gasteiger partial charge >= 0.3 is 0 Å².